The molecule has 1 fully saturated rings. The Kier molecular flexibility index (Phi) is 2.70. The average molecular weight is 170 g/mol. The fourth-order valence-electron chi connectivity index (χ4n) is 0.921. The summed E-state index contributed by atoms with van der Waals surface area (Å²) in [6.45, 7) is 4.02. The maximum Gasteiger partial charge on any atom is 0.207 e. The van der Waals surface area contributed by atoms with Crippen LogP contribution in [0.25, 0.3) is 0 Å². The normalized spacial score (nSPS) is 20.4. The summed E-state index contributed by atoms with van der Waals surface area (Å²) in [6, 6.07) is 0. The zero-order valence-electron chi connectivity index (χ0n) is 7.17. The maximum absolute atomic E-state index is 7.24. The van der Waals surface area contributed by atoms with Crippen molar-refractivity contribution >= 4 is 5.90 Å². The van der Waals surface area contributed by atoms with Crippen LogP contribution >= 0.6 is 0 Å². The summed E-state index contributed by atoms with van der Waals surface area (Å²) in [4.78, 5) is 0. The molecule has 0 aliphatic carbocycles. The van der Waals surface area contributed by atoms with Gasteiger partial charge in [0.15, 0.2) is 0 Å². The zero-order valence-corrected chi connectivity index (χ0v) is 7.17. The Bertz CT molecular complexity index is 197. The van der Waals surface area contributed by atoms with Crippen LogP contribution in [0.5, 0.6) is 0 Å². The van der Waals surface area contributed by atoms with Crippen molar-refractivity contribution in [1.29, 1.82) is 5.41 Å². The van der Waals surface area contributed by atoms with Crippen LogP contribution in [0.3, 0.4) is 0 Å². The molecule has 1 aliphatic heterocycles. The topological polar surface area (TPSA) is 68.3 Å². The van der Waals surface area contributed by atoms with Gasteiger partial charge in [0.2, 0.25) is 5.90 Å². The summed E-state index contributed by atoms with van der Waals surface area (Å²) in [6.07, 6.45) is 2.71. The van der Waals surface area contributed by atoms with Gasteiger partial charge < -0.3 is 15.2 Å². The molecule has 0 spiro atoms. The first-order valence-corrected chi connectivity index (χ1v) is 3.84. The quantitative estimate of drug-likeness (QED) is 0.478. The molecule has 0 unspecified atom stereocenters. The minimum atomic E-state index is 0.0920. The van der Waals surface area contributed by atoms with Crippen molar-refractivity contribution in [1.82, 2.24) is 0 Å². The van der Waals surface area contributed by atoms with E-state index in [2.05, 4.69) is 6.92 Å². The van der Waals surface area contributed by atoms with Crippen molar-refractivity contribution in [2.24, 2.45) is 11.1 Å². The Hall–Kier alpha value is -1.03. The van der Waals surface area contributed by atoms with Crippen LogP contribution in [-0.2, 0) is 9.47 Å². The number of nitrogens with two attached hydrogens (primary N) is 1. The molecule has 3 N–H and O–H groups in total. The SMILES string of the molecule is CC1(COC(=N)/C=C\N)COC1. The first kappa shape index (κ1) is 9.06. The van der Waals surface area contributed by atoms with Gasteiger partial charge in [-0.1, -0.05) is 6.92 Å². The van der Waals surface area contributed by atoms with E-state index in [1.54, 1.807) is 0 Å². The highest BCUT2D eigenvalue weighted by atomic mass is 16.5. The molecule has 0 aromatic heterocycles. The molecule has 0 aromatic rings. The molecule has 1 rings (SSSR count). The first-order chi connectivity index (χ1) is 5.66. The van der Waals surface area contributed by atoms with Crippen molar-refractivity contribution in [3.63, 3.8) is 0 Å². The second-order valence-corrected chi connectivity index (χ2v) is 3.32. The lowest BCUT2D eigenvalue weighted by molar-refractivity contribution is -0.122. The molecule has 0 saturated carbocycles. The van der Waals surface area contributed by atoms with E-state index in [4.69, 9.17) is 20.6 Å². The summed E-state index contributed by atoms with van der Waals surface area (Å²) in [7, 11) is 0. The van der Waals surface area contributed by atoms with Gasteiger partial charge in [-0.3, -0.25) is 5.41 Å². The Morgan fingerprint density at radius 2 is 2.42 bits per heavy atom. The van der Waals surface area contributed by atoms with Crippen LogP contribution in [0.1, 0.15) is 6.92 Å². The fourth-order valence-corrected chi connectivity index (χ4v) is 0.921. The third-order valence-electron chi connectivity index (χ3n) is 1.72. The van der Waals surface area contributed by atoms with E-state index in [0.717, 1.165) is 0 Å². The highest BCUT2D eigenvalue weighted by Gasteiger charge is 2.34. The first-order valence-electron chi connectivity index (χ1n) is 3.84. The van der Waals surface area contributed by atoms with Crippen molar-refractivity contribution in [3.8, 4) is 0 Å². The number of ether oxygens (including phenoxy) is 2. The summed E-state index contributed by atoms with van der Waals surface area (Å²) in [5.41, 5.74) is 5.18. The second kappa shape index (κ2) is 3.58. The summed E-state index contributed by atoms with van der Waals surface area (Å²) in [5.74, 6) is 0.102. The predicted octanol–water partition coefficient (Wildman–Crippen LogP) is 0.489. The van der Waals surface area contributed by atoms with Gasteiger partial charge in [-0.05, 0) is 6.20 Å². The van der Waals surface area contributed by atoms with E-state index >= 15 is 0 Å². The predicted molar refractivity (Wildman–Crippen MR) is 45.9 cm³/mol. The minimum Gasteiger partial charge on any atom is -0.477 e. The Morgan fingerprint density at radius 1 is 1.75 bits per heavy atom. The largest absolute Gasteiger partial charge is 0.477 e. The molecular formula is C8H14N2O2. The summed E-state index contributed by atoms with van der Waals surface area (Å²) in [5, 5.41) is 7.24. The monoisotopic (exact) mass is 170 g/mol. The molecule has 0 aromatic carbocycles. The number of rotatable bonds is 3. The smallest absolute Gasteiger partial charge is 0.207 e. The Labute approximate surface area is 71.9 Å². The van der Waals surface area contributed by atoms with Crippen LogP contribution in [0.4, 0.5) is 0 Å². The fraction of sp³-hybridized carbons (Fsp3) is 0.625. The number of nitrogens with one attached hydrogen (secondary N) is 1. The van der Waals surface area contributed by atoms with Crippen molar-refractivity contribution < 1.29 is 9.47 Å². The molecule has 4 heteroatoms. The molecule has 0 bridgehead atoms. The lowest BCUT2D eigenvalue weighted by Gasteiger charge is -2.37. The van der Waals surface area contributed by atoms with Crippen molar-refractivity contribution in [2.45, 2.75) is 6.92 Å². The standard InChI is InChI=1S/C8H14N2O2/c1-8(4-11-5-8)6-12-7(10)2-3-9/h2-3,10H,4-6,9H2,1H3/b3-2-,10-7?. The van der Waals surface area contributed by atoms with Gasteiger partial charge >= 0.3 is 0 Å². The van der Waals surface area contributed by atoms with E-state index in [1.165, 1.54) is 12.3 Å². The Morgan fingerprint density at radius 3 is 2.83 bits per heavy atom. The molecule has 0 atom stereocenters. The molecule has 1 aliphatic rings. The van der Waals surface area contributed by atoms with E-state index in [1.807, 2.05) is 0 Å². The zero-order chi connectivity index (χ0) is 9.03. The average Bonchev–Trinajstić information content (AvgIpc) is 1.98. The molecule has 12 heavy (non-hydrogen) atoms. The van der Waals surface area contributed by atoms with Crippen molar-refractivity contribution in [3.05, 3.63) is 12.3 Å². The van der Waals surface area contributed by atoms with Crippen LogP contribution in [0.15, 0.2) is 12.3 Å². The third kappa shape index (κ3) is 2.23. The molecule has 0 radical (unpaired) electrons. The highest BCUT2D eigenvalue weighted by molar-refractivity contribution is 5.84. The second-order valence-electron chi connectivity index (χ2n) is 3.32. The van der Waals surface area contributed by atoms with Crippen molar-refractivity contribution in [2.75, 3.05) is 19.8 Å². The third-order valence-corrected chi connectivity index (χ3v) is 1.72. The molecule has 0 amide bonds. The summed E-state index contributed by atoms with van der Waals surface area (Å²) >= 11 is 0. The molecule has 1 saturated heterocycles. The molecular weight excluding hydrogens is 156 g/mol. The van der Waals surface area contributed by atoms with E-state index < -0.39 is 0 Å². The Balaban J connectivity index is 2.20. The van der Waals surface area contributed by atoms with E-state index in [9.17, 15) is 0 Å². The highest BCUT2D eigenvalue weighted by Crippen LogP contribution is 2.26. The van der Waals surface area contributed by atoms with Gasteiger partial charge in [0, 0.05) is 11.5 Å². The lowest BCUT2D eigenvalue weighted by atomic mass is 9.90. The molecule has 4 nitrogen and oxygen atoms in total. The van der Waals surface area contributed by atoms with Gasteiger partial charge in [0.1, 0.15) is 0 Å². The minimum absolute atomic E-state index is 0.0920. The maximum atomic E-state index is 7.24. The van der Waals surface area contributed by atoms with Crippen LogP contribution in [-0.4, -0.2) is 25.7 Å². The van der Waals surface area contributed by atoms with Gasteiger partial charge in [-0.15, -0.1) is 0 Å². The van der Waals surface area contributed by atoms with Gasteiger partial charge in [0.05, 0.1) is 19.8 Å². The van der Waals surface area contributed by atoms with Crippen LogP contribution < -0.4 is 5.73 Å². The van der Waals surface area contributed by atoms with Crippen LogP contribution in [0.2, 0.25) is 0 Å². The molecule has 1 heterocycles. The van der Waals surface area contributed by atoms with Gasteiger partial charge in [0.25, 0.3) is 0 Å². The van der Waals surface area contributed by atoms with Gasteiger partial charge in [-0.2, -0.15) is 0 Å². The summed E-state index contributed by atoms with van der Waals surface area (Å²) < 4.78 is 10.2. The van der Waals surface area contributed by atoms with Gasteiger partial charge in [-0.25, -0.2) is 0 Å². The van der Waals surface area contributed by atoms with Crippen LogP contribution in [0, 0.1) is 10.8 Å². The number of hydrogen-bond donors (Lipinski definition) is 2. The van der Waals surface area contributed by atoms with E-state index in [-0.39, 0.29) is 11.3 Å². The van der Waals surface area contributed by atoms with E-state index in [0.29, 0.717) is 19.8 Å². The number of hydrogen-bond acceptors (Lipinski definition) is 4. The lowest BCUT2D eigenvalue weighted by Crippen LogP contribution is -2.43. The molecule has 68 valence electrons.